The van der Waals surface area contributed by atoms with Crippen molar-refractivity contribution in [1.82, 2.24) is 14.7 Å². The molecule has 1 aromatic heterocycles. The van der Waals surface area contributed by atoms with Crippen LogP contribution in [0.3, 0.4) is 0 Å². The first-order valence-electron chi connectivity index (χ1n) is 5.67. The van der Waals surface area contributed by atoms with Gasteiger partial charge in [0.15, 0.2) is 4.90 Å². The summed E-state index contributed by atoms with van der Waals surface area (Å²) in [6.07, 6.45) is 0.549. The molecular weight excluding hydrogens is 274 g/mol. The molecule has 0 radical (unpaired) electrons. The second-order valence-corrected chi connectivity index (χ2v) is 6.87. The van der Waals surface area contributed by atoms with Gasteiger partial charge in [-0.05, 0) is 6.42 Å². The molecule has 0 saturated heterocycles. The highest BCUT2D eigenvalue weighted by atomic mass is 32.2. The summed E-state index contributed by atoms with van der Waals surface area (Å²) in [6, 6.07) is -0.459. The van der Waals surface area contributed by atoms with Gasteiger partial charge in [-0.1, -0.05) is 13.8 Å². The number of aliphatic hydroxyl groups is 1. The number of hydrogen-bond donors (Lipinski definition) is 4. The fraction of sp³-hybridized carbons (Fsp3) is 0.600. The van der Waals surface area contributed by atoms with Gasteiger partial charge in [0.25, 0.3) is 5.56 Å². The maximum absolute atomic E-state index is 12.0. The summed E-state index contributed by atoms with van der Waals surface area (Å²) < 4.78 is 26.4. The number of nitrogens with one attached hydrogen (secondary N) is 3. The van der Waals surface area contributed by atoms with Crippen LogP contribution in [0.15, 0.2) is 20.7 Å². The zero-order valence-corrected chi connectivity index (χ0v) is 11.2. The van der Waals surface area contributed by atoms with Crippen LogP contribution in [-0.4, -0.2) is 35.6 Å². The highest BCUT2D eigenvalue weighted by Crippen LogP contribution is 2.40. The first-order valence-corrected chi connectivity index (χ1v) is 7.15. The second kappa shape index (κ2) is 4.29. The Bertz CT molecular complexity index is 702. The number of aliphatic hydroxyl groups excluding tert-OH is 1. The van der Waals surface area contributed by atoms with E-state index >= 15 is 0 Å². The van der Waals surface area contributed by atoms with E-state index < -0.39 is 43.7 Å². The molecule has 1 saturated carbocycles. The Morgan fingerprint density at radius 3 is 2.53 bits per heavy atom. The predicted octanol–water partition coefficient (Wildman–Crippen LogP) is -1.50. The van der Waals surface area contributed by atoms with Gasteiger partial charge in [0.2, 0.25) is 10.0 Å². The quantitative estimate of drug-likeness (QED) is 0.537. The number of hydrogen-bond acceptors (Lipinski definition) is 5. The number of aromatic amines is 2. The molecule has 1 aliphatic carbocycles. The van der Waals surface area contributed by atoms with Crippen LogP contribution in [0.4, 0.5) is 0 Å². The Morgan fingerprint density at radius 1 is 1.42 bits per heavy atom. The molecule has 1 aromatic rings. The van der Waals surface area contributed by atoms with Crippen LogP contribution >= 0.6 is 0 Å². The minimum atomic E-state index is -4.04. The van der Waals surface area contributed by atoms with Crippen molar-refractivity contribution < 1.29 is 13.5 Å². The number of H-pyrrole nitrogens is 2. The van der Waals surface area contributed by atoms with Gasteiger partial charge in [-0.3, -0.25) is 9.78 Å². The Labute approximate surface area is 108 Å². The molecule has 0 aromatic carbocycles. The van der Waals surface area contributed by atoms with Crippen LogP contribution < -0.4 is 16.0 Å². The molecule has 0 aliphatic heterocycles. The topological polar surface area (TPSA) is 132 Å². The summed E-state index contributed by atoms with van der Waals surface area (Å²) in [7, 11) is -4.04. The van der Waals surface area contributed by atoms with Gasteiger partial charge in [0, 0.05) is 17.7 Å². The predicted molar refractivity (Wildman–Crippen MR) is 66.2 cm³/mol. The highest BCUT2D eigenvalue weighted by Gasteiger charge is 2.49. The normalized spacial score (nSPS) is 25.8. The molecule has 106 valence electrons. The van der Waals surface area contributed by atoms with Gasteiger partial charge in [0.1, 0.15) is 0 Å². The summed E-state index contributed by atoms with van der Waals surface area (Å²) in [4.78, 5) is 25.7. The molecule has 1 heterocycles. The Hall–Kier alpha value is -1.45. The van der Waals surface area contributed by atoms with E-state index in [9.17, 15) is 23.1 Å². The van der Waals surface area contributed by atoms with E-state index in [1.807, 2.05) is 4.98 Å². The van der Waals surface area contributed by atoms with E-state index in [0.29, 0.717) is 0 Å². The van der Waals surface area contributed by atoms with Gasteiger partial charge in [-0.15, -0.1) is 0 Å². The third-order valence-corrected chi connectivity index (χ3v) is 5.07. The Morgan fingerprint density at radius 2 is 2.05 bits per heavy atom. The van der Waals surface area contributed by atoms with Crippen LogP contribution in [0, 0.1) is 5.41 Å². The molecule has 0 amide bonds. The third-order valence-electron chi connectivity index (χ3n) is 3.59. The van der Waals surface area contributed by atoms with Gasteiger partial charge in [-0.25, -0.2) is 17.9 Å². The standard InChI is InChI=1S/C10H15N3O5S/c1-10(2)6(3-7(10)14)13-19(17,18)5-4-11-9(16)12-8(5)15/h4,6-7,13-14H,3H2,1-2H3,(H2,11,12,15,16). The molecule has 2 atom stereocenters. The smallest absolute Gasteiger partial charge is 0.325 e. The summed E-state index contributed by atoms with van der Waals surface area (Å²) in [5, 5.41) is 9.55. The van der Waals surface area contributed by atoms with Crippen molar-refractivity contribution in [1.29, 1.82) is 0 Å². The lowest BCUT2D eigenvalue weighted by molar-refractivity contribution is -0.0645. The van der Waals surface area contributed by atoms with Crippen LogP contribution in [0.2, 0.25) is 0 Å². The van der Waals surface area contributed by atoms with Crippen LogP contribution in [0.1, 0.15) is 20.3 Å². The highest BCUT2D eigenvalue weighted by molar-refractivity contribution is 7.89. The molecule has 2 rings (SSSR count). The Kier molecular flexibility index (Phi) is 3.15. The minimum absolute atomic E-state index is 0.285. The summed E-state index contributed by atoms with van der Waals surface area (Å²) in [5.74, 6) is 0. The minimum Gasteiger partial charge on any atom is -0.392 e. The molecule has 2 unspecified atom stereocenters. The molecule has 0 bridgehead atoms. The lowest BCUT2D eigenvalue weighted by atomic mass is 9.65. The van der Waals surface area contributed by atoms with E-state index in [4.69, 9.17) is 0 Å². The average molecular weight is 289 g/mol. The zero-order chi connectivity index (χ0) is 14.4. The van der Waals surface area contributed by atoms with Gasteiger partial charge >= 0.3 is 5.69 Å². The van der Waals surface area contributed by atoms with Crippen LogP contribution in [0.5, 0.6) is 0 Å². The molecule has 9 heteroatoms. The van der Waals surface area contributed by atoms with Crippen molar-refractivity contribution in [3.63, 3.8) is 0 Å². The van der Waals surface area contributed by atoms with E-state index in [2.05, 4.69) is 9.71 Å². The fourth-order valence-electron chi connectivity index (χ4n) is 1.95. The SMILES string of the molecule is CC1(C)C(O)CC1NS(=O)(=O)c1c[nH]c(=O)[nH]c1=O. The molecule has 1 fully saturated rings. The first-order chi connectivity index (χ1) is 8.64. The van der Waals surface area contributed by atoms with E-state index in [1.165, 1.54) is 0 Å². The lowest BCUT2D eigenvalue weighted by Gasteiger charge is -2.49. The Balaban J connectivity index is 2.30. The monoisotopic (exact) mass is 289 g/mol. The van der Waals surface area contributed by atoms with Crippen molar-refractivity contribution in [3.8, 4) is 0 Å². The van der Waals surface area contributed by atoms with Gasteiger partial charge in [0.05, 0.1) is 6.10 Å². The number of sulfonamides is 1. The molecule has 8 nitrogen and oxygen atoms in total. The largest absolute Gasteiger partial charge is 0.392 e. The summed E-state index contributed by atoms with van der Waals surface area (Å²) in [6.45, 7) is 3.46. The summed E-state index contributed by atoms with van der Waals surface area (Å²) in [5.41, 5.74) is -2.35. The average Bonchev–Trinajstić information content (AvgIpc) is 2.27. The number of aromatic nitrogens is 2. The number of rotatable bonds is 3. The molecule has 0 spiro atoms. The van der Waals surface area contributed by atoms with Crippen molar-refractivity contribution in [2.75, 3.05) is 0 Å². The van der Waals surface area contributed by atoms with E-state index in [-0.39, 0.29) is 6.42 Å². The maximum Gasteiger partial charge on any atom is 0.325 e. The van der Waals surface area contributed by atoms with Crippen molar-refractivity contribution in [2.45, 2.75) is 37.3 Å². The third kappa shape index (κ3) is 2.36. The molecular formula is C10H15N3O5S. The van der Waals surface area contributed by atoms with Crippen LogP contribution in [-0.2, 0) is 10.0 Å². The van der Waals surface area contributed by atoms with Crippen molar-refractivity contribution >= 4 is 10.0 Å². The second-order valence-electron chi connectivity index (χ2n) is 5.18. The van der Waals surface area contributed by atoms with Gasteiger partial charge in [-0.2, -0.15) is 0 Å². The van der Waals surface area contributed by atoms with E-state index in [0.717, 1.165) is 6.20 Å². The lowest BCUT2D eigenvalue weighted by Crippen LogP contribution is -2.61. The first kappa shape index (κ1) is 14.0. The van der Waals surface area contributed by atoms with Gasteiger partial charge < -0.3 is 10.1 Å². The van der Waals surface area contributed by atoms with E-state index in [1.54, 1.807) is 13.8 Å². The summed E-state index contributed by atoms with van der Waals surface area (Å²) >= 11 is 0. The zero-order valence-electron chi connectivity index (χ0n) is 10.4. The van der Waals surface area contributed by atoms with Crippen molar-refractivity contribution in [2.24, 2.45) is 5.41 Å². The molecule has 19 heavy (non-hydrogen) atoms. The molecule has 1 aliphatic rings. The van der Waals surface area contributed by atoms with Crippen molar-refractivity contribution in [3.05, 3.63) is 27.0 Å². The fourth-order valence-corrected chi connectivity index (χ4v) is 3.36. The molecule has 4 N–H and O–H groups in total. The maximum atomic E-state index is 12.0. The van der Waals surface area contributed by atoms with Crippen LogP contribution in [0.25, 0.3) is 0 Å².